The van der Waals surface area contributed by atoms with Gasteiger partial charge in [0, 0.05) is 52.0 Å². The normalized spacial score (nSPS) is 11.1. The van der Waals surface area contributed by atoms with Gasteiger partial charge in [0.2, 0.25) is 0 Å². The lowest BCUT2D eigenvalue weighted by atomic mass is 10.1. The van der Waals surface area contributed by atoms with Gasteiger partial charge in [0.25, 0.3) is 5.91 Å². The van der Waals surface area contributed by atoms with Gasteiger partial charge in [0.15, 0.2) is 5.96 Å². The summed E-state index contributed by atoms with van der Waals surface area (Å²) < 4.78 is 5.08. The highest BCUT2D eigenvalue weighted by atomic mass is 127. The van der Waals surface area contributed by atoms with Crippen LogP contribution in [-0.4, -0.2) is 70.3 Å². The summed E-state index contributed by atoms with van der Waals surface area (Å²) in [7, 11) is 3.84. The van der Waals surface area contributed by atoms with E-state index in [2.05, 4.69) is 39.8 Å². The minimum absolute atomic E-state index is 0. The largest absolute Gasteiger partial charge is 0.385 e. The minimum Gasteiger partial charge on any atom is -0.385 e. The summed E-state index contributed by atoms with van der Waals surface area (Å²) in [5.41, 5.74) is 1.74. The molecule has 0 aliphatic heterocycles. The van der Waals surface area contributed by atoms with Crippen LogP contribution in [0.15, 0.2) is 29.3 Å². The Balaban J connectivity index is 0.00000729. The smallest absolute Gasteiger partial charge is 0.251 e. The van der Waals surface area contributed by atoms with Gasteiger partial charge < -0.3 is 25.6 Å². The van der Waals surface area contributed by atoms with Crippen molar-refractivity contribution in [2.45, 2.75) is 26.8 Å². The first-order chi connectivity index (χ1) is 13.1. The highest BCUT2D eigenvalue weighted by Gasteiger charge is 2.04. The number of guanidine groups is 1. The number of likely N-dealkylation sites (N-methyl/N-ethyl adjacent to an activating group) is 1. The highest BCUT2D eigenvalue weighted by Crippen LogP contribution is 2.05. The average molecular weight is 505 g/mol. The van der Waals surface area contributed by atoms with Crippen LogP contribution in [0, 0.1) is 0 Å². The molecule has 1 aromatic carbocycles. The molecule has 0 fully saturated rings. The van der Waals surface area contributed by atoms with Crippen molar-refractivity contribution < 1.29 is 9.53 Å². The summed E-state index contributed by atoms with van der Waals surface area (Å²) in [6.07, 6.45) is 1.04. The third kappa shape index (κ3) is 11.5. The summed E-state index contributed by atoms with van der Waals surface area (Å²) in [6.45, 7) is 9.54. The second kappa shape index (κ2) is 16.6. The van der Waals surface area contributed by atoms with Gasteiger partial charge in [-0.05, 0) is 45.0 Å². The third-order valence-electron chi connectivity index (χ3n) is 3.99. The van der Waals surface area contributed by atoms with Gasteiger partial charge in [-0.15, -0.1) is 24.0 Å². The SMILES string of the molecule is CCNC(=O)c1ccc(CN=C(NCC)NCCN(C)CCCOC)cc1.I. The molecule has 0 saturated heterocycles. The molecule has 0 saturated carbocycles. The zero-order chi connectivity index (χ0) is 19.9. The predicted molar refractivity (Wildman–Crippen MR) is 127 cm³/mol. The molecular weight excluding hydrogens is 469 g/mol. The number of carbonyl (C=O) groups is 1. The van der Waals surface area contributed by atoms with E-state index in [0.29, 0.717) is 18.7 Å². The number of rotatable bonds is 12. The Morgan fingerprint density at radius 3 is 2.36 bits per heavy atom. The molecule has 0 bridgehead atoms. The predicted octanol–water partition coefficient (Wildman–Crippen LogP) is 2.08. The Morgan fingerprint density at radius 1 is 1.07 bits per heavy atom. The number of nitrogens with one attached hydrogen (secondary N) is 3. The van der Waals surface area contributed by atoms with Crippen LogP contribution in [0.4, 0.5) is 0 Å². The van der Waals surface area contributed by atoms with Gasteiger partial charge in [0.1, 0.15) is 0 Å². The molecular formula is C20H36IN5O2. The molecule has 160 valence electrons. The number of nitrogens with zero attached hydrogens (tertiary/aromatic N) is 2. The Labute approximate surface area is 186 Å². The Hall–Kier alpha value is -1.39. The summed E-state index contributed by atoms with van der Waals surface area (Å²) in [5, 5.41) is 9.42. The van der Waals surface area contributed by atoms with Crippen molar-refractivity contribution in [3.05, 3.63) is 35.4 Å². The zero-order valence-corrected chi connectivity index (χ0v) is 19.9. The minimum atomic E-state index is -0.0443. The number of aliphatic imine (C=N–C) groups is 1. The number of ether oxygens (including phenoxy) is 1. The van der Waals surface area contributed by atoms with Crippen molar-refractivity contribution in [2.75, 3.05) is 53.5 Å². The summed E-state index contributed by atoms with van der Waals surface area (Å²) in [6, 6.07) is 7.57. The Kier molecular flexibility index (Phi) is 15.7. The van der Waals surface area contributed by atoms with Gasteiger partial charge in [0.05, 0.1) is 6.54 Å². The number of methoxy groups -OCH3 is 1. The maximum atomic E-state index is 11.8. The maximum absolute atomic E-state index is 11.8. The molecule has 0 aliphatic carbocycles. The van der Waals surface area contributed by atoms with Crippen molar-refractivity contribution in [1.29, 1.82) is 0 Å². The number of carbonyl (C=O) groups excluding carboxylic acids is 1. The van der Waals surface area contributed by atoms with Gasteiger partial charge in [-0.25, -0.2) is 4.99 Å². The highest BCUT2D eigenvalue weighted by molar-refractivity contribution is 14.0. The van der Waals surface area contributed by atoms with Crippen LogP contribution in [0.2, 0.25) is 0 Å². The molecule has 0 aromatic heterocycles. The molecule has 1 rings (SSSR count). The van der Waals surface area contributed by atoms with E-state index in [1.54, 1.807) is 7.11 Å². The molecule has 8 heteroatoms. The summed E-state index contributed by atoms with van der Waals surface area (Å²) >= 11 is 0. The van der Waals surface area contributed by atoms with Gasteiger partial charge in [-0.2, -0.15) is 0 Å². The fourth-order valence-electron chi connectivity index (χ4n) is 2.49. The van der Waals surface area contributed by atoms with Crippen LogP contribution in [-0.2, 0) is 11.3 Å². The van der Waals surface area contributed by atoms with Crippen molar-refractivity contribution in [1.82, 2.24) is 20.9 Å². The van der Waals surface area contributed by atoms with E-state index < -0.39 is 0 Å². The molecule has 7 nitrogen and oxygen atoms in total. The summed E-state index contributed by atoms with van der Waals surface area (Å²) in [5.74, 6) is 0.757. The molecule has 1 aromatic rings. The second-order valence-corrected chi connectivity index (χ2v) is 6.33. The lowest BCUT2D eigenvalue weighted by Crippen LogP contribution is -2.41. The van der Waals surface area contributed by atoms with E-state index in [4.69, 9.17) is 4.74 Å². The average Bonchev–Trinajstić information content (AvgIpc) is 2.67. The molecule has 0 unspecified atom stereocenters. The first kappa shape index (κ1) is 26.6. The molecule has 0 heterocycles. The Bertz CT molecular complexity index is 566. The molecule has 0 atom stereocenters. The molecule has 28 heavy (non-hydrogen) atoms. The van der Waals surface area contributed by atoms with Crippen LogP contribution in [0.25, 0.3) is 0 Å². The van der Waals surface area contributed by atoms with Crippen LogP contribution >= 0.6 is 24.0 Å². The number of hydrogen-bond acceptors (Lipinski definition) is 4. The van der Waals surface area contributed by atoms with Crippen molar-refractivity contribution >= 4 is 35.8 Å². The maximum Gasteiger partial charge on any atom is 0.251 e. The lowest BCUT2D eigenvalue weighted by Gasteiger charge is -2.18. The van der Waals surface area contributed by atoms with Crippen LogP contribution in [0.5, 0.6) is 0 Å². The Morgan fingerprint density at radius 2 is 1.75 bits per heavy atom. The molecule has 1 amide bonds. The number of benzene rings is 1. The van der Waals surface area contributed by atoms with Crippen molar-refractivity contribution in [3.8, 4) is 0 Å². The zero-order valence-electron chi connectivity index (χ0n) is 17.6. The van der Waals surface area contributed by atoms with Gasteiger partial charge in [-0.1, -0.05) is 12.1 Å². The standard InChI is InChI=1S/C20H35N5O2.HI/c1-5-21-19(26)18-10-8-17(9-11-18)16-24-20(22-6-2)23-12-14-25(3)13-7-15-27-4;/h8-11H,5-7,12-16H2,1-4H3,(H,21,26)(H2,22,23,24);1H. The van der Waals surface area contributed by atoms with Crippen molar-refractivity contribution in [3.63, 3.8) is 0 Å². The lowest BCUT2D eigenvalue weighted by molar-refractivity contribution is 0.0956. The van der Waals surface area contributed by atoms with E-state index in [1.807, 2.05) is 31.2 Å². The molecule has 0 radical (unpaired) electrons. The first-order valence-corrected chi connectivity index (χ1v) is 9.67. The topological polar surface area (TPSA) is 78.0 Å². The van der Waals surface area contributed by atoms with Crippen molar-refractivity contribution in [2.24, 2.45) is 4.99 Å². The van der Waals surface area contributed by atoms with Crippen LogP contribution in [0.1, 0.15) is 36.2 Å². The fourth-order valence-corrected chi connectivity index (χ4v) is 2.49. The molecule has 0 aliphatic rings. The van der Waals surface area contributed by atoms with E-state index in [9.17, 15) is 4.79 Å². The third-order valence-corrected chi connectivity index (χ3v) is 3.99. The van der Waals surface area contributed by atoms with E-state index >= 15 is 0 Å². The van der Waals surface area contributed by atoms with Gasteiger partial charge >= 0.3 is 0 Å². The number of hydrogen-bond donors (Lipinski definition) is 3. The molecule has 3 N–H and O–H groups in total. The second-order valence-electron chi connectivity index (χ2n) is 6.33. The fraction of sp³-hybridized carbons (Fsp3) is 0.600. The quantitative estimate of drug-likeness (QED) is 0.176. The van der Waals surface area contributed by atoms with Crippen LogP contribution < -0.4 is 16.0 Å². The van der Waals surface area contributed by atoms with Gasteiger partial charge in [-0.3, -0.25) is 4.79 Å². The van der Waals surface area contributed by atoms with E-state index in [1.165, 1.54) is 0 Å². The number of amides is 1. The van der Waals surface area contributed by atoms with Crippen LogP contribution in [0.3, 0.4) is 0 Å². The van der Waals surface area contributed by atoms with E-state index in [0.717, 1.165) is 50.7 Å². The summed E-state index contributed by atoms with van der Waals surface area (Å²) in [4.78, 5) is 18.7. The molecule has 0 spiro atoms. The monoisotopic (exact) mass is 505 g/mol. The van der Waals surface area contributed by atoms with E-state index in [-0.39, 0.29) is 29.9 Å². The number of halogens is 1. The first-order valence-electron chi connectivity index (χ1n) is 9.67.